The van der Waals surface area contributed by atoms with Crippen LogP contribution in [0.1, 0.15) is 6.92 Å². The molecule has 1 aromatic rings. The number of ether oxygens (including phenoxy) is 2. The highest BCUT2D eigenvalue weighted by atomic mass is 32.2. The van der Waals surface area contributed by atoms with E-state index in [1.165, 1.54) is 16.9 Å². The number of hydrogen-bond acceptors (Lipinski definition) is 5. The average molecular weight is 327 g/mol. The van der Waals surface area contributed by atoms with Crippen LogP contribution < -0.4 is 9.46 Å². The van der Waals surface area contributed by atoms with Gasteiger partial charge in [-0.15, -0.1) is 0 Å². The topological polar surface area (TPSA) is 81.7 Å². The molecular formula is C11H12F3NO5S. The van der Waals surface area contributed by atoms with Crippen molar-refractivity contribution in [2.24, 2.45) is 0 Å². The third kappa shape index (κ3) is 5.14. The van der Waals surface area contributed by atoms with Crippen molar-refractivity contribution in [2.45, 2.75) is 12.4 Å². The normalized spacial score (nSPS) is 11.8. The maximum Gasteiger partial charge on any atom is 0.516 e. The Kier molecular flexibility index (Phi) is 5.41. The lowest BCUT2D eigenvalue weighted by atomic mass is 10.3. The molecule has 0 aliphatic carbocycles. The van der Waals surface area contributed by atoms with E-state index in [0.717, 1.165) is 12.1 Å². The van der Waals surface area contributed by atoms with Gasteiger partial charge in [0, 0.05) is 6.07 Å². The lowest BCUT2D eigenvalue weighted by Gasteiger charge is -2.11. The fraction of sp³-hybridized carbons (Fsp3) is 0.364. The minimum atomic E-state index is -5.50. The molecular weight excluding hydrogens is 315 g/mol. The fourth-order valence-corrected chi connectivity index (χ4v) is 1.76. The van der Waals surface area contributed by atoms with Gasteiger partial charge in [0.2, 0.25) is 0 Å². The van der Waals surface area contributed by atoms with Crippen molar-refractivity contribution in [1.82, 2.24) is 0 Å². The predicted octanol–water partition coefficient (Wildman–Crippen LogP) is 1.89. The fourth-order valence-electron chi connectivity index (χ4n) is 1.21. The molecule has 10 heteroatoms. The van der Waals surface area contributed by atoms with Crippen molar-refractivity contribution in [1.29, 1.82) is 0 Å². The van der Waals surface area contributed by atoms with Gasteiger partial charge in [-0.2, -0.15) is 21.6 Å². The third-order valence-corrected chi connectivity index (χ3v) is 3.17. The summed E-state index contributed by atoms with van der Waals surface area (Å²) in [5, 5.41) is 0. The standard InChI is InChI=1S/C11H12F3NO5S/c1-2-19-10(16)7-20-9-5-3-4-8(6-9)15-21(17,18)11(12,13)14/h3-6,15H,2,7H2,1H3. The number of esters is 1. The molecule has 0 aliphatic heterocycles. The Bertz CT molecular complexity index is 600. The minimum Gasteiger partial charge on any atom is -0.482 e. The van der Waals surface area contributed by atoms with Gasteiger partial charge in [-0.25, -0.2) is 4.79 Å². The molecule has 0 aliphatic rings. The van der Waals surface area contributed by atoms with Gasteiger partial charge in [0.25, 0.3) is 0 Å². The first-order valence-corrected chi connectivity index (χ1v) is 7.11. The maximum absolute atomic E-state index is 12.2. The molecule has 0 spiro atoms. The SMILES string of the molecule is CCOC(=O)COc1cccc(NS(=O)(=O)C(F)(F)F)c1. The largest absolute Gasteiger partial charge is 0.516 e. The van der Waals surface area contributed by atoms with Crippen molar-refractivity contribution >= 4 is 21.7 Å². The molecule has 6 nitrogen and oxygen atoms in total. The van der Waals surface area contributed by atoms with Gasteiger partial charge in [0.1, 0.15) is 5.75 Å². The van der Waals surface area contributed by atoms with Gasteiger partial charge in [-0.1, -0.05) is 6.07 Å². The summed E-state index contributed by atoms with van der Waals surface area (Å²) in [5.74, 6) is -0.635. The van der Waals surface area contributed by atoms with Crippen LogP contribution in [0.2, 0.25) is 0 Å². The van der Waals surface area contributed by atoms with E-state index >= 15 is 0 Å². The smallest absolute Gasteiger partial charge is 0.482 e. The van der Waals surface area contributed by atoms with Crippen molar-refractivity contribution < 1.29 is 35.9 Å². The van der Waals surface area contributed by atoms with E-state index in [2.05, 4.69) is 4.74 Å². The van der Waals surface area contributed by atoms with Crippen LogP contribution in [0.5, 0.6) is 5.75 Å². The number of alkyl halides is 3. The molecule has 0 saturated heterocycles. The zero-order chi connectivity index (χ0) is 16.1. The molecule has 0 fully saturated rings. The van der Waals surface area contributed by atoms with Gasteiger partial charge in [-0.05, 0) is 19.1 Å². The van der Waals surface area contributed by atoms with E-state index in [-0.39, 0.29) is 18.0 Å². The Balaban J connectivity index is 2.76. The predicted molar refractivity (Wildman–Crippen MR) is 67.2 cm³/mol. The van der Waals surface area contributed by atoms with Crippen molar-refractivity contribution in [3.05, 3.63) is 24.3 Å². The number of carbonyl (C=O) groups is 1. The van der Waals surface area contributed by atoms with E-state index in [4.69, 9.17) is 4.74 Å². The number of carbonyl (C=O) groups excluding carboxylic acids is 1. The Morgan fingerprint density at radius 1 is 1.33 bits per heavy atom. The van der Waals surface area contributed by atoms with E-state index in [1.807, 2.05) is 0 Å². The van der Waals surface area contributed by atoms with E-state index < -0.39 is 28.1 Å². The Labute approximate surface area is 118 Å². The van der Waals surface area contributed by atoms with Gasteiger partial charge >= 0.3 is 21.5 Å². The highest BCUT2D eigenvalue weighted by molar-refractivity contribution is 7.93. The van der Waals surface area contributed by atoms with Crippen LogP contribution in [0.4, 0.5) is 18.9 Å². The average Bonchev–Trinajstić information content (AvgIpc) is 2.35. The molecule has 0 amide bonds. The van der Waals surface area contributed by atoms with Crippen molar-refractivity contribution in [2.75, 3.05) is 17.9 Å². The number of benzene rings is 1. The summed E-state index contributed by atoms with van der Waals surface area (Å²) in [6.07, 6.45) is 0. The van der Waals surface area contributed by atoms with E-state index in [1.54, 1.807) is 6.92 Å². The summed E-state index contributed by atoms with van der Waals surface area (Å²) in [6.45, 7) is 1.32. The second-order valence-electron chi connectivity index (χ2n) is 3.67. The summed E-state index contributed by atoms with van der Waals surface area (Å²) in [6, 6.07) is 4.75. The molecule has 0 aromatic heterocycles. The molecule has 0 atom stereocenters. The van der Waals surface area contributed by atoms with Crippen LogP contribution >= 0.6 is 0 Å². The molecule has 0 radical (unpaired) electrons. The number of rotatable bonds is 6. The van der Waals surface area contributed by atoms with Crippen LogP contribution in [-0.2, 0) is 19.6 Å². The maximum atomic E-state index is 12.2. The lowest BCUT2D eigenvalue weighted by molar-refractivity contribution is -0.145. The van der Waals surface area contributed by atoms with Crippen LogP contribution in [0.3, 0.4) is 0 Å². The molecule has 1 N–H and O–H groups in total. The highest BCUT2D eigenvalue weighted by Crippen LogP contribution is 2.26. The number of nitrogens with one attached hydrogen (secondary N) is 1. The Hall–Kier alpha value is -1.97. The molecule has 0 saturated carbocycles. The molecule has 0 bridgehead atoms. The summed E-state index contributed by atoms with van der Waals surface area (Å²) in [7, 11) is -5.50. The number of anilines is 1. The summed E-state index contributed by atoms with van der Waals surface area (Å²) in [5.41, 5.74) is -5.76. The highest BCUT2D eigenvalue weighted by Gasteiger charge is 2.46. The summed E-state index contributed by atoms with van der Waals surface area (Å²) in [4.78, 5) is 11.1. The van der Waals surface area contributed by atoms with Crippen LogP contribution in [0, 0.1) is 0 Å². The first-order valence-electron chi connectivity index (χ1n) is 5.63. The van der Waals surface area contributed by atoms with Crippen molar-refractivity contribution in [3.63, 3.8) is 0 Å². The van der Waals surface area contributed by atoms with Gasteiger partial charge in [0.05, 0.1) is 12.3 Å². The van der Waals surface area contributed by atoms with Gasteiger partial charge in [0.15, 0.2) is 6.61 Å². The third-order valence-electron chi connectivity index (χ3n) is 2.05. The summed E-state index contributed by atoms with van der Waals surface area (Å²) >= 11 is 0. The second-order valence-corrected chi connectivity index (χ2v) is 5.35. The molecule has 1 rings (SSSR count). The van der Waals surface area contributed by atoms with Crippen LogP contribution in [0.25, 0.3) is 0 Å². The van der Waals surface area contributed by atoms with Crippen LogP contribution in [0.15, 0.2) is 24.3 Å². The molecule has 1 aromatic carbocycles. The Morgan fingerprint density at radius 2 is 2.00 bits per heavy atom. The van der Waals surface area contributed by atoms with Gasteiger partial charge < -0.3 is 9.47 Å². The molecule has 118 valence electrons. The Morgan fingerprint density at radius 3 is 2.57 bits per heavy atom. The zero-order valence-electron chi connectivity index (χ0n) is 10.8. The lowest BCUT2D eigenvalue weighted by Crippen LogP contribution is -2.29. The quantitative estimate of drug-likeness (QED) is 0.807. The second kappa shape index (κ2) is 6.66. The monoisotopic (exact) mass is 327 g/mol. The summed E-state index contributed by atoms with van der Waals surface area (Å²) < 4.78 is 69.4. The zero-order valence-corrected chi connectivity index (χ0v) is 11.6. The number of sulfonamides is 1. The van der Waals surface area contributed by atoms with Crippen LogP contribution in [-0.4, -0.2) is 33.1 Å². The van der Waals surface area contributed by atoms with Crippen molar-refractivity contribution in [3.8, 4) is 5.75 Å². The molecule has 21 heavy (non-hydrogen) atoms. The van der Waals surface area contributed by atoms with E-state index in [9.17, 15) is 26.4 Å². The molecule has 0 unspecified atom stereocenters. The molecule has 0 heterocycles. The minimum absolute atomic E-state index is 0.0189. The number of halogens is 3. The number of hydrogen-bond donors (Lipinski definition) is 1. The van der Waals surface area contributed by atoms with E-state index in [0.29, 0.717) is 0 Å². The van der Waals surface area contributed by atoms with Gasteiger partial charge in [-0.3, -0.25) is 4.72 Å². The first-order chi connectivity index (χ1) is 9.65. The first kappa shape index (κ1) is 17.1.